The lowest BCUT2D eigenvalue weighted by Gasteiger charge is -2.11. The van der Waals surface area contributed by atoms with Crippen molar-refractivity contribution >= 4 is 10.0 Å². The first-order valence-electron chi connectivity index (χ1n) is 9.11. The highest BCUT2D eigenvalue weighted by Gasteiger charge is 2.21. The highest BCUT2D eigenvalue weighted by molar-refractivity contribution is 7.90. The molecule has 1 heterocycles. The van der Waals surface area contributed by atoms with Gasteiger partial charge in [-0.2, -0.15) is 0 Å². The monoisotopic (exact) mass is 361 g/mol. The molecular weight excluding hydrogens is 339 g/mol. The Bertz CT molecular complexity index is 1070. The van der Waals surface area contributed by atoms with Crippen LogP contribution in [0.3, 0.4) is 0 Å². The fourth-order valence-corrected chi connectivity index (χ4v) is 3.95. The van der Waals surface area contributed by atoms with E-state index in [1.807, 2.05) is 6.92 Å². The minimum Gasteiger partial charge on any atom is -0.316 e. The standard InChI is InChI=1S/C19H19FN2O2S/c1-14-3-9-18(10-4-14)25(23,24)22-13-15(12-21-2)11-19(22)16-5-7-17(20)8-6-16/h3-11,13,21H,12H2,1-2H3/i2D3. The first-order valence-corrected chi connectivity index (χ1v) is 9.05. The van der Waals surface area contributed by atoms with Crippen LogP contribution in [-0.2, 0) is 16.6 Å². The number of hydrogen-bond acceptors (Lipinski definition) is 3. The number of aromatic nitrogens is 1. The third-order valence-corrected chi connectivity index (χ3v) is 5.54. The molecule has 0 aliphatic heterocycles. The van der Waals surface area contributed by atoms with E-state index in [0.717, 1.165) is 9.54 Å². The van der Waals surface area contributed by atoms with Gasteiger partial charge in [-0.05, 0) is 67.5 Å². The van der Waals surface area contributed by atoms with Gasteiger partial charge in [-0.1, -0.05) is 17.7 Å². The lowest BCUT2D eigenvalue weighted by Crippen LogP contribution is -2.13. The Labute approximate surface area is 151 Å². The number of rotatable bonds is 5. The van der Waals surface area contributed by atoms with E-state index in [-0.39, 0.29) is 11.4 Å². The van der Waals surface area contributed by atoms with E-state index < -0.39 is 22.8 Å². The van der Waals surface area contributed by atoms with Crippen molar-refractivity contribution in [2.45, 2.75) is 18.4 Å². The maximum atomic E-state index is 13.3. The third kappa shape index (κ3) is 3.50. The van der Waals surface area contributed by atoms with Gasteiger partial charge in [0, 0.05) is 16.9 Å². The van der Waals surface area contributed by atoms with Crippen molar-refractivity contribution in [2.75, 3.05) is 6.98 Å². The topological polar surface area (TPSA) is 51.1 Å². The molecular formula is C19H19FN2O2S. The van der Waals surface area contributed by atoms with Gasteiger partial charge in [-0.25, -0.2) is 16.8 Å². The molecule has 0 unspecified atom stereocenters. The van der Waals surface area contributed by atoms with Crippen LogP contribution in [0.1, 0.15) is 15.2 Å². The van der Waals surface area contributed by atoms with Gasteiger partial charge in [0.25, 0.3) is 10.0 Å². The van der Waals surface area contributed by atoms with Gasteiger partial charge >= 0.3 is 0 Å². The SMILES string of the molecule is [2H]C([2H])([2H])NCc1cc(-c2ccc(F)cc2)n(S(=O)(=O)c2ccc(C)cc2)c1. The van der Waals surface area contributed by atoms with Crippen molar-refractivity contribution in [3.8, 4) is 11.3 Å². The molecule has 0 atom stereocenters. The second-order valence-electron chi connectivity index (χ2n) is 5.71. The largest absolute Gasteiger partial charge is 0.316 e. The van der Waals surface area contributed by atoms with Crippen LogP contribution in [0.15, 0.2) is 65.7 Å². The Balaban J connectivity index is 2.10. The second-order valence-corrected chi connectivity index (χ2v) is 7.52. The summed E-state index contributed by atoms with van der Waals surface area (Å²) in [6.45, 7) is -0.538. The number of aryl methyl sites for hydroxylation is 1. The Morgan fingerprint density at radius 3 is 2.44 bits per heavy atom. The molecule has 0 saturated carbocycles. The van der Waals surface area contributed by atoms with Gasteiger partial charge in [0.2, 0.25) is 0 Å². The van der Waals surface area contributed by atoms with E-state index in [9.17, 15) is 12.8 Å². The molecule has 0 saturated heterocycles. The van der Waals surface area contributed by atoms with E-state index in [0.29, 0.717) is 16.8 Å². The molecule has 0 radical (unpaired) electrons. The summed E-state index contributed by atoms with van der Waals surface area (Å²) in [6.07, 6.45) is 1.38. The predicted octanol–water partition coefficient (Wildman–Crippen LogP) is 3.56. The molecule has 4 nitrogen and oxygen atoms in total. The van der Waals surface area contributed by atoms with Gasteiger partial charge in [-0.15, -0.1) is 0 Å². The molecule has 6 heteroatoms. The van der Waals surface area contributed by atoms with Crippen molar-refractivity contribution < 1.29 is 16.9 Å². The summed E-state index contributed by atoms with van der Waals surface area (Å²) in [4.78, 5) is 0.104. The Hall–Kier alpha value is -2.44. The molecule has 3 aromatic rings. The number of nitrogens with one attached hydrogen (secondary N) is 1. The van der Waals surface area contributed by atoms with Gasteiger partial charge in [0.05, 0.1) is 10.6 Å². The van der Waals surface area contributed by atoms with Crippen molar-refractivity contribution in [1.82, 2.24) is 9.29 Å². The van der Waals surface area contributed by atoms with Crippen LogP contribution < -0.4 is 5.32 Å². The van der Waals surface area contributed by atoms with Crippen molar-refractivity contribution in [1.29, 1.82) is 0 Å². The zero-order chi connectivity index (χ0) is 20.5. The van der Waals surface area contributed by atoms with E-state index in [1.54, 1.807) is 18.2 Å². The minimum absolute atomic E-state index is 0.0406. The van der Waals surface area contributed by atoms with Gasteiger partial charge in [0.1, 0.15) is 5.82 Å². The molecule has 0 aliphatic carbocycles. The molecule has 25 heavy (non-hydrogen) atoms. The van der Waals surface area contributed by atoms with Crippen molar-refractivity contribution in [3.05, 3.63) is 77.7 Å². The fourth-order valence-electron chi connectivity index (χ4n) is 2.55. The normalized spacial score (nSPS) is 13.9. The Morgan fingerprint density at radius 1 is 1.12 bits per heavy atom. The Kier molecular flexibility index (Phi) is 3.77. The molecule has 1 aromatic heterocycles. The average molecular weight is 361 g/mol. The summed E-state index contributed by atoms with van der Waals surface area (Å²) in [6, 6.07) is 13.4. The smallest absolute Gasteiger partial charge is 0.268 e. The maximum Gasteiger partial charge on any atom is 0.268 e. The molecule has 0 aliphatic rings. The van der Waals surface area contributed by atoms with Crippen LogP contribution in [0.4, 0.5) is 4.39 Å². The zero-order valence-corrected chi connectivity index (χ0v) is 14.3. The summed E-state index contributed by atoms with van der Waals surface area (Å²) in [7, 11) is -3.92. The van der Waals surface area contributed by atoms with Gasteiger partial charge in [-0.3, -0.25) is 0 Å². The van der Waals surface area contributed by atoms with E-state index in [1.165, 1.54) is 42.6 Å². The fraction of sp³-hybridized carbons (Fsp3) is 0.158. The summed E-state index contributed by atoms with van der Waals surface area (Å²) < 4.78 is 62.5. The lowest BCUT2D eigenvalue weighted by molar-refractivity contribution is 0.588. The highest BCUT2D eigenvalue weighted by atomic mass is 32.2. The maximum absolute atomic E-state index is 13.3. The van der Waals surface area contributed by atoms with Gasteiger partial charge in [0.15, 0.2) is 0 Å². The first kappa shape index (κ1) is 13.8. The van der Waals surface area contributed by atoms with Crippen molar-refractivity contribution in [3.63, 3.8) is 0 Å². The lowest BCUT2D eigenvalue weighted by atomic mass is 10.1. The Morgan fingerprint density at radius 2 is 1.80 bits per heavy atom. The zero-order valence-electron chi connectivity index (χ0n) is 16.5. The molecule has 0 fully saturated rings. The molecule has 0 spiro atoms. The molecule has 2 aromatic carbocycles. The first-order chi connectivity index (χ1) is 13.1. The number of halogens is 1. The highest BCUT2D eigenvalue weighted by Crippen LogP contribution is 2.27. The van der Waals surface area contributed by atoms with E-state index in [2.05, 4.69) is 5.32 Å². The van der Waals surface area contributed by atoms with Crippen molar-refractivity contribution in [2.24, 2.45) is 0 Å². The number of nitrogens with zero attached hydrogens (tertiary/aromatic N) is 1. The molecule has 3 rings (SSSR count). The van der Waals surface area contributed by atoms with E-state index in [4.69, 9.17) is 4.11 Å². The quantitative estimate of drug-likeness (QED) is 0.756. The van der Waals surface area contributed by atoms with Crippen LogP contribution in [0.5, 0.6) is 0 Å². The molecule has 0 bridgehead atoms. The molecule has 130 valence electrons. The number of benzene rings is 2. The second kappa shape index (κ2) is 6.82. The van der Waals surface area contributed by atoms with Crippen LogP contribution in [0, 0.1) is 12.7 Å². The molecule has 1 N–H and O–H groups in total. The van der Waals surface area contributed by atoms with E-state index >= 15 is 0 Å². The van der Waals surface area contributed by atoms with Crippen LogP contribution in [0.25, 0.3) is 11.3 Å². The van der Waals surface area contributed by atoms with Crippen LogP contribution >= 0.6 is 0 Å². The average Bonchev–Trinajstić information content (AvgIpc) is 3.06. The summed E-state index contributed by atoms with van der Waals surface area (Å²) in [5.41, 5.74) is 2.22. The van der Waals surface area contributed by atoms with Crippen LogP contribution in [0.2, 0.25) is 0 Å². The summed E-state index contributed by atoms with van der Waals surface area (Å²) >= 11 is 0. The summed E-state index contributed by atoms with van der Waals surface area (Å²) in [5.74, 6) is -0.437. The van der Waals surface area contributed by atoms with Crippen LogP contribution in [-0.4, -0.2) is 19.4 Å². The minimum atomic E-state index is -3.92. The predicted molar refractivity (Wildman–Crippen MR) is 96.4 cm³/mol. The number of hydrogen-bond donors (Lipinski definition) is 1. The third-order valence-electron chi connectivity index (χ3n) is 3.85. The summed E-state index contributed by atoms with van der Waals surface area (Å²) in [5, 5.41) is 2.37. The van der Waals surface area contributed by atoms with Gasteiger partial charge < -0.3 is 5.32 Å². The molecule has 0 amide bonds.